The lowest BCUT2D eigenvalue weighted by Crippen LogP contribution is -2.44. The van der Waals surface area contributed by atoms with Gasteiger partial charge >= 0.3 is 6.03 Å². The van der Waals surface area contributed by atoms with E-state index in [0.717, 1.165) is 25.8 Å². The summed E-state index contributed by atoms with van der Waals surface area (Å²) in [4.78, 5) is 37.1. The number of carbonyl (C=O) groups excluding carboxylic acids is 3. The monoisotopic (exact) mass is 332 g/mol. The average Bonchev–Trinajstić information content (AvgIpc) is 3.01. The third-order valence-corrected chi connectivity index (χ3v) is 4.19. The van der Waals surface area contributed by atoms with Gasteiger partial charge in [-0.15, -0.1) is 12.4 Å². The first-order valence-electron chi connectivity index (χ1n) is 7.64. The molecule has 126 valence electrons. The molecule has 22 heavy (non-hydrogen) atoms. The lowest BCUT2D eigenvalue weighted by Gasteiger charge is -2.19. The second-order valence-corrected chi connectivity index (χ2v) is 5.73. The molecule has 0 bridgehead atoms. The average molecular weight is 333 g/mol. The molecule has 1 aliphatic carbocycles. The largest absolute Gasteiger partial charge is 0.356 e. The molecule has 2 aliphatic rings. The van der Waals surface area contributed by atoms with Crippen LogP contribution in [0.1, 0.15) is 38.5 Å². The number of hydrogen-bond acceptors (Lipinski definition) is 4. The van der Waals surface area contributed by atoms with Crippen molar-refractivity contribution in [2.75, 3.05) is 26.7 Å². The van der Waals surface area contributed by atoms with Crippen LogP contribution in [-0.2, 0) is 9.59 Å². The molecule has 2 rings (SSSR count). The molecule has 0 unspecified atom stereocenters. The van der Waals surface area contributed by atoms with Gasteiger partial charge in [0.05, 0.1) is 0 Å². The highest BCUT2D eigenvalue weighted by Gasteiger charge is 2.52. The van der Waals surface area contributed by atoms with E-state index < -0.39 is 5.54 Å². The Morgan fingerprint density at radius 3 is 2.59 bits per heavy atom. The van der Waals surface area contributed by atoms with Crippen LogP contribution in [0.3, 0.4) is 0 Å². The van der Waals surface area contributed by atoms with Crippen molar-refractivity contribution in [2.24, 2.45) is 0 Å². The summed E-state index contributed by atoms with van der Waals surface area (Å²) in [6.45, 7) is 1.60. The van der Waals surface area contributed by atoms with Gasteiger partial charge in [0.2, 0.25) is 5.91 Å². The first kappa shape index (κ1) is 18.7. The summed E-state index contributed by atoms with van der Waals surface area (Å²) in [5.74, 6) is -0.285. The van der Waals surface area contributed by atoms with E-state index in [0.29, 0.717) is 19.4 Å². The quantitative estimate of drug-likeness (QED) is 0.464. The lowest BCUT2D eigenvalue weighted by atomic mass is 9.98. The van der Waals surface area contributed by atoms with Crippen LogP contribution in [0.25, 0.3) is 0 Å². The fourth-order valence-electron chi connectivity index (χ4n) is 2.99. The zero-order chi connectivity index (χ0) is 15.3. The molecule has 2 fully saturated rings. The lowest BCUT2D eigenvalue weighted by molar-refractivity contribution is -0.131. The van der Waals surface area contributed by atoms with Gasteiger partial charge in [-0.3, -0.25) is 14.5 Å². The highest BCUT2D eigenvalue weighted by Crippen LogP contribution is 2.34. The van der Waals surface area contributed by atoms with Crippen LogP contribution in [0.2, 0.25) is 0 Å². The maximum Gasteiger partial charge on any atom is 0.325 e. The number of hydrogen-bond donors (Lipinski definition) is 3. The predicted molar refractivity (Wildman–Crippen MR) is 84.9 cm³/mol. The molecular weight excluding hydrogens is 308 g/mol. The zero-order valence-corrected chi connectivity index (χ0v) is 13.8. The molecule has 1 saturated heterocycles. The Labute approximate surface area is 137 Å². The van der Waals surface area contributed by atoms with Gasteiger partial charge in [-0.2, -0.15) is 0 Å². The highest BCUT2D eigenvalue weighted by atomic mass is 35.5. The maximum atomic E-state index is 12.4. The first-order chi connectivity index (χ1) is 10.1. The number of urea groups is 1. The Morgan fingerprint density at radius 1 is 1.27 bits per heavy atom. The fourth-order valence-corrected chi connectivity index (χ4v) is 2.99. The molecule has 1 aliphatic heterocycles. The van der Waals surface area contributed by atoms with Crippen molar-refractivity contribution in [2.45, 2.75) is 44.1 Å². The van der Waals surface area contributed by atoms with Gasteiger partial charge in [-0.05, 0) is 32.9 Å². The van der Waals surface area contributed by atoms with Crippen LogP contribution in [0.4, 0.5) is 4.79 Å². The third kappa shape index (κ3) is 4.10. The molecular formula is C14H25ClN4O3. The number of carbonyl (C=O) groups is 3. The van der Waals surface area contributed by atoms with Crippen LogP contribution in [0.15, 0.2) is 0 Å². The van der Waals surface area contributed by atoms with E-state index >= 15 is 0 Å². The molecule has 1 heterocycles. The molecule has 0 aromatic heterocycles. The van der Waals surface area contributed by atoms with Crippen molar-refractivity contribution in [1.82, 2.24) is 20.9 Å². The summed E-state index contributed by atoms with van der Waals surface area (Å²) in [5, 5.41) is 8.59. The summed E-state index contributed by atoms with van der Waals surface area (Å²) < 4.78 is 0. The minimum Gasteiger partial charge on any atom is -0.356 e. The Balaban J connectivity index is 0.00000242. The molecule has 1 spiro atoms. The van der Waals surface area contributed by atoms with Crippen molar-refractivity contribution in [1.29, 1.82) is 0 Å². The number of halogens is 1. The van der Waals surface area contributed by atoms with Crippen molar-refractivity contribution >= 4 is 30.3 Å². The Hall–Kier alpha value is -1.34. The summed E-state index contributed by atoms with van der Waals surface area (Å²) in [7, 11) is 1.86. The van der Waals surface area contributed by atoms with E-state index in [-0.39, 0.29) is 43.2 Å². The summed E-state index contributed by atoms with van der Waals surface area (Å²) in [5.41, 5.74) is -0.680. The number of nitrogens with zero attached hydrogens (tertiary/aromatic N) is 1. The Bertz CT molecular complexity index is 424. The van der Waals surface area contributed by atoms with Gasteiger partial charge in [0.15, 0.2) is 0 Å². The second-order valence-electron chi connectivity index (χ2n) is 5.73. The van der Waals surface area contributed by atoms with Gasteiger partial charge in [-0.1, -0.05) is 12.8 Å². The van der Waals surface area contributed by atoms with Crippen LogP contribution < -0.4 is 16.0 Å². The van der Waals surface area contributed by atoms with Gasteiger partial charge in [-0.25, -0.2) is 4.79 Å². The van der Waals surface area contributed by atoms with E-state index in [1.807, 2.05) is 7.05 Å². The first-order valence-corrected chi connectivity index (χ1v) is 7.64. The molecule has 8 heteroatoms. The second kappa shape index (κ2) is 8.33. The van der Waals surface area contributed by atoms with Crippen molar-refractivity contribution in [3.63, 3.8) is 0 Å². The predicted octanol–water partition coefficient (Wildman–Crippen LogP) is 0.389. The van der Waals surface area contributed by atoms with Crippen LogP contribution in [-0.4, -0.2) is 55.0 Å². The van der Waals surface area contributed by atoms with E-state index in [1.165, 1.54) is 4.90 Å². The van der Waals surface area contributed by atoms with Crippen LogP contribution in [0.5, 0.6) is 0 Å². The molecule has 7 nitrogen and oxygen atoms in total. The molecule has 0 radical (unpaired) electrons. The SMILES string of the molecule is CNCCCNC(=O)CCN1C(=O)NC2(CCCC2)C1=O.Cl. The molecule has 0 aromatic carbocycles. The number of amides is 4. The van der Waals surface area contributed by atoms with Gasteiger partial charge in [0, 0.05) is 19.5 Å². The Morgan fingerprint density at radius 2 is 1.95 bits per heavy atom. The fraction of sp³-hybridized carbons (Fsp3) is 0.786. The van der Waals surface area contributed by atoms with Gasteiger partial charge in [0.25, 0.3) is 5.91 Å². The molecule has 3 N–H and O–H groups in total. The van der Waals surface area contributed by atoms with Gasteiger partial charge in [0.1, 0.15) is 5.54 Å². The topological polar surface area (TPSA) is 90.5 Å². The van der Waals surface area contributed by atoms with Crippen molar-refractivity contribution in [3.05, 3.63) is 0 Å². The minimum atomic E-state index is -0.680. The zero-order valence-electron chi connectivity index (χ0n) is 12.9. The maximum absolute atomic E-state index is 12.4. The van der Waals surface area contributed by atoms with E-state index in [2.05, 4.69) is 16.0 Å². The third-order valence-electron chi connectivity index (χ3n) is 4.19. The van der Waals surface area contributed by atoms with E-state index in [9.17, 15) is 14.4 Å². The summed E-state index contributed by atoms with van der Waals surface area (Å²) in [6.07, 6.45) is 4.37. The van der Waals surface area contributed by atoms with Crippen molar-refractivity contribution < 1.29 is 14.4 Å². The van der Waals surface area contributed by atoms with Gasteiger partial charge < -0.3 is 16.0 Å². The Kier molecular flexibility index (Phi) is 7.09. The molecule has 0 atom stereocenters. The van der Waals surface area contributed by atoms with E-state index in [4.69, 9.17) is 0 Å². The highest BCUT2D eigenvalue weighted by molar-refractivity contribution is 6.07. The number of imide groups is 1. The smallest absolute Gasteiger partial charge is 0.325 e. The minimum absolute atomic E-state index is 0. The van der Waals surface area contributed by atoms with Crippen LogP contribution >= 0.6 is 12.4 Å². The van der Waals surface area contributed by atoms with Crippen LogP contribution in [0, 0.1) is 0 Å². The van der Waals surface area contributed by atoms with Crippen molar-refractivity contribution in [3.8, 4) is 0 Å². The molecule has 4 amide bonds. The standard InChI is InChI=1S/C14H24N4O3.ClH/c1-15-8-4-9-16-11(19)5-10-18-12(20)14(17-13(18)21)6-2-3-7-14;/h15H,2-10H2,1H3,(H,16,19)(H,17,21);1H. The summed E-state index contributed by atoms with van der Waals surface area (Å²) >= 11 is 0. The molecule has 1 saturated carbocycles. The normalized spacial score (nSPS) is 19.2. The summed E-state index contributed by atoms with van der Waals surface area (Å²) in [6, 6.07) is -0.357. The molecule has 0 aromatic rings. The van der Waals surface area contributed by atoms with E-state index in [1.54, 1.807) is 0 Å². The number of nitrogens with one attached hydrogen (secondary N) is 3. The number of rotatable bonds is 7.